The lowest BCUT2D eigenvalue weighted by Crippen LogP contribution is -2.26. The van der Waals surface area contributed by atoms with Crippen LogP contribution in [0.15, 0.2) is 18.2 Å². The molecular weight excluding hydrogens is 336 g/mol. The van der Waals surface area contributed by atoms with Gasteiger partial charge in [0, 0.05) is 0 Å². The van der Waals surface area contributed by atoms with Crippen LogP contribution < -0.4 is 5.32 Å². The Morgan fingerprint density at radius 2 is 2.00 bits per heavy atom. The van der Waals surface area contributed by atoms with Crippen molar-refractivity contribution in [1.29, 1.82) is 0 Å². The molecule has 0 aliphatic rings. The van der Waals surface area contributed by atoms with Crippen LogP contribution >= 0.6 is 27.3 Å². The summed E-state index contributed by atoms with van der Waals surface area (Å²) in [6.07, 6.45) is 0. The Hall–Kier alpha value is -0.940. The van der Waals surface area contributed by atoms with Gasteiger partial charge in [0.1, 0.15) is 0 Å². The number of hydrogen-bond acceptors (Lipinski definition) is 3. The Bertz CT molecular complexity index is 621. The second-order valence-corrected chi connectivity index (χ2v) is 7.55. The highest BCUT2D eigenvalue weighted by molar-refractivity contribution is 9.10. The third-order valence-corrected chi connectivity index (χ3v) is 5.55. The van der Waals surface area contributed by atoms with Gasteiger partial charge in [0.15, 0.2) is 5.13 Å². The maximum Gasteiger partial charge on any atom is 0.240 e. The lowest BCUT2D eigenvalue weighted by atomic mass is 10.0. The molecule has 0 aliphatic heterocycles. The molecule has 0 aliphatic carbocycles. The van der Waals surface area contributed by atoms with Crippen molar-refractivity contribution in [2.24, 2.45) is 5.92 Å². The molecule has 2 rings (SSSR count). The number of halogens is 1. The van der Waals surface area contributed by atoms with Crippen LogP contribution in [0, 0.1) is 5.92 Å². The first-order valence-electron chi connectivity index (χ1n) is 6.74. The van der Waals surface area contributed by atoms with E-state index in [0.717, 1.165) is 10.2 Å². The number of nitrogens with one attached hydrogen (secondary N) is 1. The number of carbonyl (C=O) groups is 1. The van der Waals surface area contributed by atoms with E-state index < -0.39 is 0 Å². The average Bonchev–Trinajstić information content (AvgIpc) is 2.78. The largest absolute Gasteiger partial charge is 0.301 e. The van der Waals surface area contributed by atoms with Gasteiger partial charge in [0.2, 0.25) is 5.91 Å². The summed E-state index contributed by atoms with van der Waals surface area (Å²) in [6.45, 7) is 8.35. The first-order valence-corrected chi connectivity index (χ1v) is 8.47. The molecule has 1 amide bonds. The lowest BCUT2D eigenvalue weighted by Gasteiger charge is -2.11. The van der Waals surface area contributed by atoms with Crippen molar-refractivity contribution in [2.75, 3.05) is 5.32 Å². The Morgan fingerprint density at radius 3 is 2.60 bits per heavy atom. The molecular formula is C15H19BrN2OS. The molecule has 3 nitrogen and oxygen atoms in total. The van der Waals surface area contributed by atoms with Gasteiger partial charge in [-0.15, -0.1) is 0 Å². The highest BCUT2D eigenvalue weighted by Gasteiger charge is 2.19. The summed E-state index contributed by atoms with van der Waals surface area (Å²) in [6, 6.07) is 6.27. The highest BCUT2D eigenvalue weighted by Crippen LogP contribution is 2.29. The topological polar surface area (TPSA) is 42.0 Å². The third-order valence-electron chi connectivity index (χ3n) is 3.15. The monoisotopic (exact) mass is 354 g/mol. The van der Waals surface area contributed by atoms with Crippen LogP contribution in [0.3, 0.4) is 0 Å². The number of carbonyl (C=O) groups excluding carboxylic acids is 1. The first-order chi connectivity index (χ1) is 9.38. The molecule has 1 aromatic carbocycles. The predicted octanol–water partition coefficient (Wildman–Crippen LogP) is 4.78. The molecule has 1 aromatic heterocycles. The van der Waals surface area contributed by atoms with E-state index in [0.29, 0.717) is 11.0 Å². The van der Waals surface area contributed by atoms with Gasteiger partial charge < -0.3 is 5.32 Å². The summed E-state index contributed by atoms with van der Waals surface area (Å²) in [4.78, 5) is 16.3. The molecule has 1 N–H and O–H groups in total. The molecule has 0 bridgehead atoms. The summed E-state index contributed by atoms with van der Waals surface area (Å²) < 4.78 is 1.11. The quantitative estimate of drug-likeness (QED) is 0.802. The van der Waals surface area contributed by atoms with Crippen LogP contribution in [-0.4, -0.2) is 15.7 Å². The van der Waals surface area contributed by atoms with Gasteiger partial charge in [0.25, 0.3) is 0 Å². The van der Waals surface area contributed by atoms with Crippen LogP contribution in [0.4, 0.5) is 5.13 Å². The molecule has 0 radical (unpaired) electrons. The predicted molar refractivity (Wildman–Crippen MR) is 89.9 cm³/mol. The molecule has 108 valence electrons. The van der Waals surface area contributed by atoms with Crippen LogP contribution in [0.5, 0.6) is 0 Å². The molecule has 0 saturated heterocycles. The number of fused-ring (bicyclic) bond motifs is 1. The van der Waals surface area contributed by atoms with E-state index in [-0.39, 0.29) is 16.7 Å². The van der Waals surface area contributed by atoms with Gasteiger partial charge >= 0.3 is 0 Å². The van der Waals surface area contributed by atoms with E-state index in [1.807, 2.05) is 19.9 Å². The Balaban J connectivity index is 2.22. The maximum absolute atomic E-state index is 12.0. The highest BCUT2D eigenvalue weighted by atomic mass is 79.9. The number of alkyl halides is 1. The molecule has 0 fully saturated rings. The number of thiazole rings is 1. The molecule has 0 saturated carbocycles. The van der Waals surface area contributed by atoms with Crippen molar-refractivity contribution in [3.8, 4) is 0 Å². The number of rotatable bonds is 4. The zero-order valence-corrected chi connectivity index (χ0v) is 14.5. The van der Waals surface area contributed by atoms with Crippen LogP contribution in [0.2, 0.25) is 0 Å². The van der Waals surface area contributed by atoms with Gasteiger partial charge in [-0.1, -0.05) is 61.0 Å². The molecule has 20 heavy (non-hydrogen) atoms. The van der Waals surface area contributed by atoms with Gasteiger partial charge in [-0.3, -0.25) is 4.79 Å². The minimum Gasteiger partial charge on any atom is -0.301 e. The number of anilines is 1. The number of nitrogens with zero attached hydrogens (tertiary/aromatic N) is 1. The smallest absolute Gasteiger partial charge is 0.240 e. The number of amides is 1. The van der Waals surface area contributed by atoms with Gasteiger partial charge in [-0.25, -0.2) is 4.98 Å². The summed E-state index contributed by atoms with van der Waals surface area (Å²) in [7, 11) is 0. The van der Waals surface area contributed by atoms with E-state index in [2.05, 4.69) is 52.2 Å². The zero-order chi connectivity index (χ0) is 14.9. The number of hydrogen-bond donors (Lipinski definition) is 1. The fraction of sp³-hybridized carbons (Fsp3) is 0.467. The maximum atomic E-state index is 12.0. The fourth-order valence-corrected chi connectivity index (χ4v) is 2.86. The van der Waals surface area contributed by atoms with E-state index >= 15 is 0 Å². The molecule has 0 spiro atoms. The first kappa shape index (κ1) is 15.4. The van der Waals surface area contributed by atoms with Crippen LogP contribution in [0.1, 0.15) is 39.2 Å². The fourth-order valence-electron chi connectivity index (χ4n) is 1.83. The minimum atomic E-state index is -0.194. The van der Waals surface area contributed by atoms with Gasteiger partial charge in [-0.2, -0.15) is 0 Å². The standard InChI is InChI=1S/C15H19BrN2OS/c1-8(2)10-5-6-11-12(7-10)20-15(17-11)18-14(19)13(16)9(3)4/h5-9,13H,1-4H3,(H,17,18,19)/t13-/m0/s1. The van der Waals surface area contributed by atoms with Crippen molar-refractivity contribution in [1.82, 2.24) is 4.98 Å². The van der Waals surface area contributed by atoms with Crippen molar-refractivity contribution >= 4 is 48.5 Å². The van der Waals surface area contributed by atoms with Crippen molar-refractivity contribution < 1.29 is 4.79 Å². The lowest BCUT2D eigenvalue weighted by molar-refractivity contribution is -0.116. The Kier molecular flexibility index (Phi) is 4.81. The second-order valence-electron chi connectivity index (χ2n) is 5.54. The van der Waals surface area contributed by atoms with E-state index in [1.54, 1.807) is 0 Å². The molecule has 1 atom stereocenters. The molecule has 2 aromatic rings. The van der Waals surface area contributed by atoms with E-state index in [9.17, 15) is 4.79 Å². The summed E-state index contributed by atoms with van der Waals surface area (Å²) >= 11 is 4.93. The van der Waals surface area contributed by atoms with Crippen molar-refractivity contribution in [3.63, 3.8) is 0 Å². The van der Waals surface area contributed by atoms with Gasteiger partial charge in [-0.05, 0) is 29.5 Å². The minimum absolute atomic E-state index is 0.0388. The second kappa shape index (κ2) is 6.22. The molecule has 1 heterocycles. The van der Waals surface area contributed by atoms with Crippen LogP contribution in [0.25, 0.3) is 10.2 Å². The average molecular weight is 355 g/mol. The van der Waals surface area contributed by atoms with Gasteiger partial charge in [0.05, 0.1) is 15.0 Å². The number of benzene rings is 1. The molecule has 0 unspecified atom stereocenters. The summed E-state index contributed by atoms with van der Waals surface area (Å²) in [5.74, 6) is 0.701. The zero-order valence-electron chi connectivity index (χ0n) is 12.1. The summed E-state index contributed by atoms with van der Waals surface area (Å²) in [5, 5.41) is 3.55. The van der Waals surface area contributed by atoms with E-state index in [1.165, 1.54) is 16.9 Å². The van der Waals surface area contributed by atoms with Crippen LogP contribution in [-0.2, 0) is 4.79 Å². The van der Waals surface area contributed by atoms with Crippen molar-refractivity contribution in [2.45, 2.75) is 38.4 Å². The van der Waals surface area contributed by atoms with E-state index in [4.69, 9.17) is 0 Å². The molecule has 5 heteroatoms. The third kappa shape index (κ3) is 3.38. The van der Waals surface area contributed by atoms with Crippen molar-refractivity contribution in [3.05, 3.63) is 23.8 Å². The summed E-state index contributed by atoms with van der Waals surface area (Å²) in [5.41, 5.74) is 2.23. The SMILES string of the molecule is CC(C)c1ccc2nc(NC(=O)[C@@H](Br)C(C)C)sc2c1. The Labute approximate surface area is 131 Å². The Morgan fingerprint density at radius 1 is 1.30 bits per heavy atom. The normalized spacial score (nSPS) is 13.2. The number of aromatic nitrogens is 1.